The molecule has 1 aromatic heterocycles. The van der Waals surface area contributed by atoms with Gasteiger partial charge in [0, 0.05) is 17.6 Å². The van der Waals surface area contributed by atoms with E-state index in [1.54, 1.807) is 16.8 Å². The average molecular weight is 276 g/mol. The van der Waals surface area contributed by atoms with Gasteiger partial charge in [0.15, 0.2) is 0 Å². The summed E-state index contributed by atoms with van der Waals surface area (Å²) < 4.78 is 0. The van der Waals surface area contributed by atoms with E-state index >= 15 is 0 Å². The van der Waals surface area contributed by atoms with Crippen molar-refractivity contribution in [2.24, 2.45) is 0 Å². The van der Waals surface area contributed by atoms with Gasteiger partial charge in [0.1, 0.15) is 0 Å². The van der Waals surface area contributed by atoms with Gasteiger partial charge in [-0.3, -0.25) is 4.79 Å². The second kappa shape index (κ2) is 6.33. The molecule has 4 nitrogen and oxygen atoms in total. The molecular weight excluding hydrogens is 260 g/mol. The van der Waals surface area contributed by atoms with E-state index in [0.29, 0.717) is 13.1 Å². The van der Waals surface area contributed by atoms with E-state index in [1.807, 2.05) is 41.5 Å². The summed E-state index contributed by atoms with van der Waals surface area (Å²) in [6.45, 7) is 3.15. The van der Waals surface area contributed by atoms with Crippen LogP contribution in [0.25, 0.3) is 0 Å². The molecule has 1 aromatic carbocycles. The highest BCUT2D eigenvalue weighted by atomic mass is 32.1. The summed E-state index contributed by atoms with van der Waals surface area (Å²) in [5.41, 5.74) is 4.98. The Morgan fingerprint density at radius 1 is 1.37 bits per heavy atom. The van der Waals surface area contributed by atoms with Gasteiger partial charge in [0.25, 0.3) is 0 Å². The lowest BCUT2D eigenvalue weighted by Crippen LogP contribution is -2.25. The first-order chi connectivity index (χ1) is 9.15. The highest BCUT2D eigenvalue weighted by Gasteiger charge is 2.10. The first-order valence-electron chi connectivity index (χ1n) is 6.05. The van der Waals surface area contributed by atoms with Crippen LogP contribution in [0.5, 0.6) is 0 Å². The molecule has 100 valence electrons. The van der Waals surface area contributed by atoms with Crippen molar-refractivity contribution in [2.75, 3.05) is 11.4 Å². The van der Waals surface area contributed by atoms with Crippen molar-refractivity contribution < 1.29 is 9.90 Å². The smallest absolute Gasteiger partial charge is 0.305 e. The van der Waals surface area contributed by atoms with Gasteiger partial charge in [-0.15, -0.1) is 11.3 Å². The number of hydrogen-bond donors (Lipinski definition) is 1. The van der Waals surface area contributed by atoms with Crippen molar-refractivity contribution in [2.45, 2.75) is 19.9 Å². The van der Waals surface area contributed by atoms with Crippen molar-refractivity contribution in [1.82, 2.24) is 4.98 Å². The summed E-state index contributed by atoms with van der Waals surface area (Å²) in [7, 11) is 0. The molecule has 0 aliphatic rings. The summed E-state index contributed by atoms with van der Waals surface area (Å²) in [4.78, 5) is 17.1. The van der Waals surface area contributed by atoms with Crippen LogP contribution in [-0.4, -0.2) is 22.6 Å². The molecule has 0 aliphatic heterocycles. The minimum absolute atomic E-state index is 0.123. The molecule has 19 heavy (non-hydrogen) atoms. The molecule has 0 fully saturated rings. The van der Waals surface area contributed by atoms with Gasteiger partial charge >= 0.3 is 5.97 Å². The van der Waals surface area contributed by atoms with Gasteiger partial charge in [-0.1, -0.05) is 17.7 Å². The standard InChI is InChI=1S/C14H16N2O2S/c1-11-2-4-13(5-3-11)16(7-6-14(17)18)8-12-9-19-10-15-12/h2-5,9-10H,6-8H2,1H3,(H,17,18). The predicted molar refractivity (Wildman–Crippen MR) is 76.6 cm³/mol. The Balaban J connectivity index is 2.13. The molecule has 5 heteroatoms. The van der Waals surface area contributed by atoms with Crippen LogP contribution in [-0.2, 0) is 11.3 Å². The Bertz CT molecular complexity index is 523. The number of hydrogen-bond acceptors (Lipinski definition) is 4. The van der Waals surface area contributed by atoms with Crippen LogP contribution < -0.4 is 4.90 Å². The van der Waals surface area contributed by atoms with E-state index < -0.39 is 5.97 Å². The number of thiazole rings is 1. The number of carboxylic acid groups (broad SMARTS) is 1. The molecule has 0 saturated heterocycles. The van der Waals surface area contributed by atoms with Crippen molar-refractivity contribution >= 4 is 23.0 Å². The zero-order chi connectivity index (χ0) is 13.7. The summed E-state index contributed by atoms with van der Waals surface area (Å²) in [6.07, 6.45) is 0.123. The lowest BCUT2D eigenvalue weighted by atomic mass is 10.2. The molecule has 1 heterocycles. The summed E-state index contributed by atoms with van der Waals surface area (Å²) in [5.74, 6) is -0.782. The van der Waals surface area contributed by atoms with Gasteiger partial charge in [-0.05, 0) is 19.1 Å². The first kappa shape index (κ1) is 13.5. The fourth-order valence-corrected chi connectivity index (χ4v) is 2.35. The number of aryl methyl sites for hydroxylation is 1. The van der Waals surface area contributed by atoms with Crippen molar-refractivity contribution in [3.05, 3.63) is 46.4 Å². The molecule has 0 spiro atoms. The molecule has 0 amide bonds. The monoisotopic (exact) mass is 276 g/mol. The fourth-order valence-electron chi connectivity index (χ4n) is 1.80. The van der Waals surface area contributed by atoms with Gasteiger partial charge in [0.05, 0.1) is 24.2 Å². The highest BCUT2D eigenvalue weighted by Crippen LogP contribution is 2.18. The normalized spacial score (nSPS) is 10.4. The Kier molecular flexibility index (Phi) is 4.52. The molecule has 2 aromatic rings. The van der Waals surface area contributed by atoms with E-state index in [-0.39, 0.29) is 6.42 Å². The van der Waals surface area contributed by atoms with Crippen LogP contribution in [0.3, 0.4) is 0 Å². The number of anilines is 1. The second-order valence-corrected chi connectivity index (χ2v) is 5.10. The van der Waals surface area contributed by atoms with Gasteiger partial charge in [-0.2, -0.15) is 0 Å². The van der Waals surface area contributed by atoms with Crippen molar-refractivity contribution in [3.8, 4) is 0 Å². The minimum atomic E-state index is -0.782. The third-order valence-corrected chi connectivity index (χ3v) is 3.47. The van der Waals surface area contributed by atoms with Crippen LogP contribution in [0.2, 0.25) is 0 Å². The number of carboxylic acids is 1. The lowest BCUT2D eigenvalue weighted by molar-refractivity contribution is -0.136. The first-order valence-corrected chi connectivity index (χ1v) is 7.00. The SMILES string of the molecule is Cc1ccc(N(CCC(=O)O)Cc2cscn2)cc1. The van der Waals surface area contributed by atoms with E-state index in [0.717, 1.165) is 11.4 Å². The second-order valence-electron chi connectivity index (χ2n) is 4.38. The highest BCUT2D eigenvalue weighted by molar-refractivity contribution is 7.07. The number of aliphatic carboxylic acids is 1. The quantitative estimate of drug-likeness (QED) is 0.881. The minimum Gasteiger partial charge on any atom is -0.481 e. The Morgan fingerprint density at radius 3 is 2.68 bits per heavy atom. The molecule has 0 radical (unpaired) electrons. The van der Waals surface area contributed by atoms with Gasteiger partial charge in [-0.25, -0.2) is 4.98 Å². The van der Waals surface area contributed by atoms with E-state index in [2.05, 4.69) is 4.98 Å². The average Bonchev–Trinajstić information content (AvgIpc) is 2.88. The van der Waals surface area contributed by atoms with Crippen molar-refractivity contribution in [1.29, 1.82) is 0 Å². The number of rotatable bonds is 6. The lowest BCUT2D eigenvalue weighted by Gasteiger charge is -2.23. The molecule has 0 atom stereocenters. The molecule has 1 N–H and O–H groups in total. The number of benzene rings is 1. The third kappa shape index (κ3) is 4.06. The van der Waals surface area contributed by atoms with E-state index in [1.165, 1.54) is 5.56 Å². The zero-order valence-electron chi connectivity index (χ0n) is 10.7. The van der Waals surface area contributed by atoms with Gasteiger partial charge < -0.3 is 10.0 Å². The van der Waals surface area contributed by atoms with Gasteiger partial charge in [0.2, 0.25) is 0 Å². The van der Waals surface area contributed by atoms with Crippen LogP contribution >= 0.6 is 11.3 Å². The summed E-state index contributed by atoms with van der Waals surface area (Å²) in [6, 6.07) is 8.10. The zero-order valence-corrected chi connectivity index (χ0v) is 11.6. The molecular formula is C14H16N2O2S. The Morgan fingerprint density at radius 2 is 2.11 bits per heavy atom. The summed E-state index contributed by atoms with van der Waals surface area (Å²) in [5, 5.41) is 10.8. The van der Waals surface area contributed by atoms with E-state index in [9.17, 15) is 4.79 Å². The number of carbonyl (C=O) groups is 1. The van der Waals surface area contributed by atoms with Crippen molar-refractivity contribution in [3.63, 3.8) is 0 Å². The largest absolute Gasteiger partial charge is 0.481 e. The van der Waals surface area contributed by atoms with Crippen LogP contribution in [0.1, 0.15) is 17.7 Å². The van der Waals surface area contributed by atoms with Crippen LogP contribution in [0.15, 0.2) is 35.2 Å². The van der Waals surface area contributed by atoms with Crippen LogP contribution in [0.4, 0.5) is 5.69 Å². The maximum atomic E-state index is 10.8. The third-order valence-electron chi connectivity index (χ3n) is 2.83. The maximum Gasteiger partial charge on any atom is 0.305 e. The van der Waals surface area contributed by atoms with E-state index in [4.69, 9.17) is 5.11 Å². The molecule has 0 saturated carbocycles. The molecule has 0 aliphatic carbocycles. The molecule has 0 unspecified atom stereocenters. The van der Waals surface area contributed by atoms with Crippen LogP contribution in [0, 0.1) is 6.92 Å². The number of nitrogens with zero attached hydrogens (tertiary/aromatic N) is 2. The topological polar surface area (TPSA) is 53.4 Å². The molecule has 0 bridgehead atoms. The Labute approximate surface area is 116 Å². The molecule has 2 rings (SSSR count). The predicted octanol–water partition coefficient (Wildman–Crippen LogP) is 2.93. The fraction of sp³-hybridized carbons (Fsp3) is 0.286. The summed E-state index contributed by atoms with van der Waals surface area (Å²) >= 11 is 1.55. The number of aromatic nitrogens is 1. The Hall–Kier alpha value is -1.88. The maximum absolute atomic E-state index is 10.8.